The molecule has 2 bridgehead atoms. The lowest BCUT2D eigenvalue weighted by Gasteiger charge is -2.45. The number of amides is 1. The Morgan fingerprint density at radius 3 is 2.33 bits per heavy atom. The summed E-state index contributed by atoms with van der Waals surface area (Å²) < 4.78 is 24.5. The summed E-state index contributed by atoms with van der Waals surface area (Å²) in [7, 11) is 0. The predicted octanol–water partition coefficient (Wildman–Crippen LogP) is 4.40. The number of nitrogens with zero attached hydrogens (tertiary/aromatic N) is 2. The van der Waals surface area contributed by atoms with Gasteiger partial charge < -0.3 is 24.1 Å². The number of carbonyl (C=O) groups excluding carboxylic acids is 3. The molecule has 0 aromatic carbocycles. The first-order valence-corrected chi connectivity index (χ1v) is 15.8. The minimum Gasteiger partial charge on any atom is -0.458 e. The Labute approximate surface area is 250 Å². The third-order valence-electron chi connectivity index (χ3n) is 10.0. The van der Waals surface area contributed by atoms with Crippen LogP contribution in [0.5, 0.6) is 0 Å². The number of aliphatic hydroxyl groups is 1. The average Bonchev–Trinajstić information content (AvgIpc) is 3.16. The van der Waals surface area contributed by atoms with Crippen molar-refractivity contribution in [2.75, 3.05) is 6.54 Å². The molecule has 238 valence electrons. The number of rotatable bonds is 3. The van der Waals surface area contributed by atoms with Gasteiger partial charge in [-0.3, -0.25) is 19.5 Å². The van der Waals surface area contributed by atoms with Crippen molar-refractivity contribution in [1.29, 1.82) is 0 Å². The fourth-order valence-corrected chi connectivity index (χ4v) is 7.88. The van der Waals surface area contributed by atoms with Crippen molar-refractivity contribution in [1.82, 2.24) is 4.90 Å². The molecule has 10 nitrogen and oxygen atoms in total. The van der Waals surface area contributed by atoms with E-state index in [1.54, 1.807) is 18.7 Å². The van der Waals surface area contributed by atoms with Gasteiger partial charge in [0.1, 0.15) is 18.1 Å². The van der Waals surface area contributed by atoms with Crippen LogP contribution in [0.4, 0.5) is 4.79 Å². The van der Waals surface area contributed by atoms with E-state index in [9.17, 15) is 19.5 Å². The molecule has 10 heteroatoms. The zero-order valence-corrected chi connectivity index (χ0v) is 27.0. The van der Waals surface area contributed by atoms with Crippen LogP contribution in [0.25, 0.3) is 0 Å². The molecule has 4 rings (SSSR count). The molecule has 4 aliphatic heterocycles. The van der Waals surface area contributed by atoms with E-state index in [1.807, 2.05) is 27.7 Å². The Bertz CT molecular complexity index is 1060. The van der Waals surface area contributed by atoms with Crippen LogP contribution >= 0.6 is 0 Å². The molecule has 42 heavy (non-hydrogen) atoms. The van der Waals surface area contributed by atoms with Crippen molar-refractivity contribution < 1.29 is 38.4 Å². The number of fused-ring (bicyclic) bond motifs is 1. The van der Waals surface area contributed by atoms with Crippen LogP contribution < -0.4 is 0 Å². The van der Waals surface area contributed by atoms with Crippen molar-refractivity contribution in [3.05, 3.63) is 0 Å². The van der Waals surface area contributed by atoms with Gasteiger partial charge in [0.2, 0.25) is 0 Å². The van der Waals surface area contributed by atoms with E-state index in [2.05, 4.69) is 27.7 Å². The third kappa shape index (κ3) is 6.27. The van der Waals surface area contributed by atoms with Gasteiger partial charge in [-0.05, 0) is 57.3 Å². The molecule has 0 aromatic heterocycles. The van der Waals surface area contributed by atoms with Gasteiger partial charge in [0.15, 0.2) is 18.2 Å². The monoisotopic (exact) mass is 592 g/mol. The summed E-state index contributed by atoms with van der Waals surface area (Å²) in [6, 6.07) is -0.484. The van der Waals surface area contributed by atoms with Gasteiger partial charge in [0.25, 0.3) is 0 Å². The number of cyclic esters (lactones) is 1. The summed E-state index contributed by atoms with van der Waals surface area (Å²) in [5.41, 5.74) is 0.395. The van der Waals surface area contributed by atoms with Crippen molar-refractivity contribution in [2.45, 2.75) is 137 Å². The molecule has 1 amide bonds. The van der Waals surface area contributed by atoms with Crippen molar-refractivity contribution in [2.24, 2.45) is 40.0 Å². The second-order valence-corrected chi connectivity index (χ2v) is 14.1. The topological polar surface area (TPSA) is 124 Å². The molecular formula is C32H52N2O8. The van der Waals surface area contributed by atoms with Gasteiger partial charge in [0, 0.05) is 24.1 Å². The van der Waals surface area contributed by atoms with Gasteiger partial charge in [-0.2, -0.15) is 0 Å². The quantitative estimate of drug-likeness (QED) is 0.378. The normalized spacial score (nSPS) is 44.9. The van der Waals surface area contributed by atoms with Crippen LogP contribution in [0.15, 0.2) is 4.99 Å². The molecule has 13 atom stereocenters. The number of ketones is 1. The van der Waals surface area contributed by atoms with Crippen molar-refractivity contribution in [3.8, 4) is 0 Å². The van der Waals surface area contributed by atoms with E-state index < -0.39 is 60.0 Å². The molecule has 0 aromatic rings. The highest BCUT2D eigenvalue weighted by Gasteiger charge is 2.53. The molecule has 0 saturated carbocycles. The van der Waals surface area contributed by atoms with Crippen molar-refractivity contribution >= 4 is 23.6 Å². The molecule has 1 N–H and O–H groups in total. The van der Waals surface area contributed by atoms with Crippen LogP contribution in [-0.2, 0) is 28.5 Å². The molecule has 0 unspecified atom stereocenters. The summed E-state index contributed by atoms with van der Waals surface area (Å²) in [4.78, 5) is 47.3. The number of carbonyl (C=O) groups is 3. The van der Waals surface area contributed by atoms with Gasteiger partial charge in [-0.1, -0.05) is 48.5 Å². The second kappa shape index (κ2) is 12.5. The largest absolute Gasteiger partial charge is 0.458 e. The summed E-state index contributed by atoms with van der Waals surface area (Å²) in [5.74, 6) is -2.88. The van der Waals surface area contributed by atoms with Gasteiger partial charge in [-0.15, -0.1) is 0 Å². The highest BCUT2D eigenvalue weighted by atomic mass is 16.7. The first-order chi connectivity index (χ1) is 19.6. The molecule has 4 heterocycles. The maximum absolute atomic E-state index is 13.9. The Morgan fingerprint density at radius 1 is 1.02 bits per heavy atom. The molecule has 0 spiro atoms. The minimum absolute atomic E-state index is 0.0137. The highest BCUT2D eigenvalue weighted by Crippen LogP contribution is 2.42. The number of aliphatic imine (C=N–C) groups is 1. The van der Waals surface area contributed by atoms with E-state index >= 15 is 0 Å². The molecule has 3 saturated heterocycles. The van der Waals surface area contributed by atoms with Crippen molar-refractivity contribution in [3.63, 3.8) is 0 Å². The smallest absolute Gasteiger partial charge is 0.410 e. The van der Waals surface area contributed by atoms with Gasteiger partial charge in [-0.25, -0.2) is 4.79 Å². The average molecular weight is 593 g/mol. The van der Waals surface area contributed by atoms with E-state index in [0.29, 0.717) is 25.8 Å². The second-order valence-electron chi connectivity index (χ2n) is 14.1. The summed E-state index contributed by atoms with van der Waals surface area (Å²) in [5, 5.41) is 11.0. The number of ether oxygens (including phenoxy) is 4. The zero-order valence-electron chi connectivity index (χ0n) is 27.0. The number of aliphatic hydroxyl groups excluding tert-OH is 1. The Kier molecular flexibility index (Phi) is 9.80. The first-order valence-electron chi connectivity index (χ1n) is 15.8. The number of Topliss-reactive ketones (excluding diaryl/α,β-unsaturated/α-hetero) is 1. The number of hydrogen-bond donors (Lipinski definition) is 1. The van der Waals surface area contributed by atoms with Crippen LogP contribution in [0.2, 0.25) is 0 Å². The molecule has 0 aliphatic carbocycles. The standard InChI is InChI=1S/C32H52N2O8/c1-11-22-27-24-19(6)23(33-17(4)14-34(24)31(38)41-27)16(3)13-32(9,10)28(20(7)26(36)21(8)29(37)40-22)42-30-25(35)15(2)12-18(5)39-30/h15-22,24-25,27-28,30,35H,11-14H2,1-10H3/t15-,16+,17-,18+,19-,20-,21+,22+,24+,25+,27+,28+,30-/m0/s1. The first kappa shape index (κ1) is 32.9. The fraction of sp³-hybridized carbons (Fsp3) is 0.875. The van der Waals surface area contributed by atoms with E-state index in [1.165, 1.54) is 0 Å². The summed E-state index contributed by atoms with van der Waals surface area (Å²) in [6.07, 6.45) is -2.51. The van der Waals surface area contributed by atoms with E-state index in [-0.39, 0.29) is 41.7 Å². The lowest BCUT2D eigenvalue weighted by atomic mass is 9.70. The van der Waals surface area contributed by atoms with E-state index in [0.717, 1.165) is 5.71 Å². The Morgan fingerprint density at radius 2 is 1.69 bits per heavy atom. The van der Waals surface area contributed by atoms with Gasteiger partial charge in [0.05, 0.1) is 24.3 Å². The Balaban J connectivity index is 1.77. The lowest BCUT2D eigenvalue weighted by molar-refractivity contribution is -0.284. The summed E-state index contributed by atoms with van der Waals surface area (Å²) in [6.45, 7) is 19.9. The summed E-state index contributed by atoms with van der Waals surface area (Å²) >= 11 is 0. The SMILES string of the molecule is CC[C@H]1OC(=O)[C@H](C)C(=O)[C@H](C)[C@@H](O[C@@H]2O[C@H](C)C[C@H](C)[C@H]2O)C(C)(C)C[C@@H](C)C2=N[C@@H](C)CN3C(=O)O[C@H]1[C@H]3[C@H]2C. The predicted molar refractivity (Wildman–Crippen MR) is 157 cm³/mol. The minimum atomic E-state index is -1.05. The van der Waals surface area contributed by atoms with Crippen LogP contribution in [-0.4, -0.2) is 89.0 Å². The highest BCUT2D eigenvalue weighted by molar-refractivity contribution is 6.00. The number of esters is 1. The maximum atomic E-state index is 13.9. The lowest BCUT2D eigenvalue weighted by Crippen LogP contribution is -2.53. The zero-order chi connectivity index (χ0) is 31.3. The van der Waals surface area contributed by atoms with Gasteiger partial charge >= 0.3 is 12.1 Å². The molecule has 3 fully saturated rings. The third-order valence-corrected chi connectivity index (χ3v) is 10.0. The van der Waals surface area contributed by atoms with Crippen LogP contribution in [0, 0.1) is 35.0 Å². The molecular weight excluding hydrogens is 540 g/mol. The Hall–Kier alpha value is -2.04. The van der Waals surface area contributed by atoms with Crippen LogP contribution in [0.1, 0.15) is 88.5 Å². The van der Waals surface area contributed by atoms with Crippen LogP contribution in [0.3, 0.4) is 0 Å². The maximum Gasteiger partial charge on any atom is 0.410 e. The molecule has 4 aliphatic rings. The number of hydrogen-bond acceptors (Lipinski definition) is 9. The fourth-order valence-electron chi connectivity index (χ4n) is 7.88. The molecule has 0 radical (unpaired) electrons. The van der Waals surface area contributed by atoms with E-state index in [4.69, 9.17) is 23.9 Å².